The third-order valence-corrected chi connectivity index (χ3v) is 3.70. The number of aryl methyl sites for hydroxylation is 1. The fourth-order valence-corrected chi connectivity index (χ4v) is 2.54. The summed E-state index contributed by atoms with van der Waals surface area (Å²) in [5.74, 6) is 2.86. The first-order valence-electron chi connectivity index (χ1n) is 7.76. The normalized spacial score (nSPS) is 15.8. The van der Waals surface area contributed by atoms with E-state index in [9.17, 15) is 4.79 Å². The van der Waals surface area contributed by atoms with Crippen molar-refractivity contribution in [3.63, 3.8) is 0 Å². The maximum absolute atomic E-state index is 11.5. The Labute approximate surface area is 126 Å². The highest BCUT2D eigenvalue weighted by Crippen LogP contribution is 2.18. The Morgan fingerprint density at radius 1 is 1.24 bits per heavy atom. The largest absolute Gasteiger partial charge is 0.370 e. The first-order chi connectivity index (χ1) is 10.1. The summed E-state index contributed by atoms with van der Waals surface area (Å²) in [5, 5.41) is 3.26. The maximum atomic E-state index is 11.5. The lowest BCUT2D eigenvalue weighted by molar-refractivity contribution is -0.128. The second kappa shape index (κ2) is 7.24. The van der Waals surface area contributed by atoms with Crippen molar-refractivity contribution in [2.24, 2.45) is 0 Å². The van der Waals surface area contributed by atoms with Crippen LogP contribution in [0.25, 0.3) is 0 Å². The molecular weight excluding hydrogens is 266 g/mol. The number of hydrogen-bond acceptors (Lipinski definition) is 5. The number of nitrogens with one attached hydrogen (secondary N) is 1. The highest BCUT2D eigenvalue weighted by Gasteiger charge is 2.18. The van der Waals surface area contributed by atoms with Crippen molar-refractivity contribution < 1.29 is 4.79 Å². The average molecular weight is 291 g/mol. The van der Waals surface area contributed by atoms with Gasteiger partial charge in [-0.2, -0.15) is 0 Å². The van der Waals surface area contributed by atoms with Gasteiger partial charge in [0.15, 0.2) is 0 Å². The van der Waals surface area contributed by atoms with E-state index < -0.39 is 0 Å². The van der Waals surface area contributed by atoms with Crippen LogP contribution in [-0.4, -0.2) is 53.5 Å². The van der Waals surface area contributed by atoms with Gasteiger partial charge in [-0.25, -0.2) is 9.97 Å². The van der Waals surface area contributed by atoms with Gasteiger partial charge in [0.2, 0.25) is 5.91 Å². The highest BCUT2D eigenvalue weighted by molar-refractivity contribution is 5.73. The molecule has 1 aromatic heterocycles. The van der Waals surface area contributed by atoms with E-state index in [0.29, 0.717) is 0 Å². The topological polar surface area (TPSA) is 61.4 Å². The minimum absolute atomic E-state index is 0.155. The molecule has 0 bridgehead atoms. The summed E-state index contributed by atoms with van der Waals surface area (Å²) in [5.41, 5.74) is 0. The van der Waals surface area contributed by atoms with Gasteiger partial charge >= 0.3 is 0 Å². The zero-order chi connectivity index (χ0) is 15.2. The standard InChI is InChI=1S/C15H25N5O/c1-4-13-17-14(16-5-2)11-15(18-13)20-8-6-7-19(9-10-20)12(3)21/h11H,4-10H2,1-3H3,(H,16,17,18). The number of amides is 1. The molecule has 1 fully saturated rings. The molecule has 0 atom stereocenters. The number of carbonyl (C=O) groups excluding carboxylic acids is 1. The molecule has 1 aliphatic heterocycles. The van der Waals surface area contributed by atoms with E-state index in [1.807, 2.05) is 11.0 Å². The van der Waals surface area contributed by atoms with Crippen molar-refractivity contribution in [1.82, 2.24) is 14.9 Å². The molecule has 1 amide bonds. The predicted molar refractivity (Wildman–Crippen MR) is 84.7 cm³/mol. The van der Waals surface area contributed by atoms with Crippen LogP contribution in [0.4, 0.5) is 11.6 Å². The molecule has 0 radical (unpaired) electrons. The molecule has 6 nitrogen and oxygen atoms in total. The number of hydrogen-bond donors (Lipinski definition) is 1. The lowest BCUT2D eigenvalue weighted by Gasteiger charge is -2.23. The highest BCUT2D eigenvalue weighted by atomic mass is 16.2. The molecular formula is C15H25N5O. The van der Waals surface area contributed by atoms with Crippen LogP contribution in [0.3, 0.4) is 0 Å². The third-order valence-electron chi connectivity index (χ3n) is 3.70. The van der Waals surface area contributed by atoms with Crippen molar-refractivity contribution >= 4 is 17.5 Å². The Morgan fingerprint density at radius 2 is 2.05 bits per heavy atom. The number of rotatable bonds is 4. The van der Waals surface area contributed by atoms with Gasteiger partial charge in [0.1, 0.15) is 17.5 Å². The molecule has 1 aromatic rings. The lowest BCUT2D eigenvalue weighted by Crippen LogP contribution is -2.34. The van der Waals surface area contributed by atoms with Crippen LogP contribution in [0.1, 0.15) is 33.0 Å². The van der Waals surface area contributed by atoms with Crippen molar-refractivity contribution in [1.29, 1.82) is 0 Å². The minimum Gasteiger partial charge on any atom is -0.370 e. The van der Waals surface area contributed by atoms with E-state index in [2.05, 4.69) is 34.0 Å². The monoisotopic (exact) mass is 291 g/mol. The summed E-state index contributed by atoms with van der Waals surface area (Å²) in [7, 11) is 0. The van der Waals surface area contributed by atoms with Gasteiger partial charge in [0.05, 0.1) is 0 Å². The van der Waals surface area contributed by atoms with Crippen molar-refractivity contribution in [3.8, 4) is 0 Å². The molecule has 21 heavy (non-hydrogen) atoms. The van der Waals surface area contributed by atoms with Crippen LogP contribution in [-0.2, 0) is 11.2 Å². The summed E-state index contributed by atoms with van der Waals surface area (Å²) >= 11 is 0. The summed E-state index contributed by atoms with van der Waals surface area (Å²) in [6, 6.07) is 2.01. The van der Waals surface area contributed by atoms with Gasteiger partial charge in [0, 0.05) is 52.1 Å². The average Bonchev–Trinajstić information content (AvgIpc) is 2.73. The van der Waals surface area contributed by atoms with Crippen molar-refractivity contribution in [2.75, 3.05) is 42.9 Å². The molecule has 6 heteroatoms. The molecule has 0 aliphatic carbocycles. The Morgan fingerprint density at radius 3 is 2.71 bits per heavy atom. The van der Waals surface area contributed by atoms with E-state index in [1.165, 1.54) is 0 Å². The van der Waals surface area contributed by atoms with E-state index in [1.54, 1.807) is 6.92 Å². The van der Waals surface area contributed by atoms with Gasteiger partial charge < -0.3 is 15.1 Å². The number of nitrogens with zero attached hydrogens (tertiary/aromatic N) is 4. The molecule has 116 valence electrons. The quantitative estimate of drug-likeness (QED) is 0.911. The van der Waals surface area contributed by atoms with Gasteiger partial charge in [-0.1, -0.05) is 6.92 Å². The molecule has 1 saturated heterocycles. The molecule has 0 unspecified atom stereocenters. The zero-order valence-electron chi connectivity index (χ0n) is 13.2. The first kappa shape index (κ1) is 15.5. The maximum Gasteiger partial charge on any atom is 0.219 e. The van der Waals surface area contributed by atoms with E-state index in [0.717, 1.165) is 63.0 Å². The predicted octanol–water partition coefficient (Wildman–Crippen LogP) is 1.53. The van der Waals surface area contributed by atoms with E-state index >= 15 is 0 Å². The SMILES string of the molecule is CCNc1cc(N2CCCN(C(C)=O)CC2)nc(CC)n1. The van der Waals surface area contributed by atoms with Crippen LogP contribution in [0.15, 0.2) is 6.07 Å². The Kier molecular flexibility index (Phi) is 5.36. The van der Waals surface area contributed by atoms with Crippen molar-refractivity contribution in [3.05, 3.63) is 11.9 Å². The number of anilines is 2. The van der Waals surface area contributed by atoms with Gasteiger partial charge in [-0.15, -0.1) is 0 Å². The summed E-state index contributed by atoms with van der Waals surface area (Å²) in [6.45, 7) is 9.95. The molecule has 1 aliphatic rings. The third kappa shape index (κ3) is 4.06. The first-order valence-corrected chi connectivity index (χ1v) is 7.76. The number of carbonyl (C=O) groups is 1. The van der Waals surface area contributed by atoms with Crippen molar-refractivity contribution in [2.45, 2.75) is 33.6 Å². The van der Waals surface area contributed by atoms with Gasteiger partial charge in [-0.3, -0.25) is 4.79 Å². The Bertz CT molecular complexity index is 491. The molecule has 0 aromatic carbocycles. The molecule has 0 spiro atoms. The minimum atomic E-state index is 0.155. The Hall–Kier alpha value is -1.85. The van der Waals surface area contributed by atoms with Gasteiger partial charge in [0.25, 0.3) is 0 Å². The van der Waals surface area contributed by atoms with Crippen LogP contribution in [0.5, 0.6) is 0 Å². The second-order valence-electron chi connectivity index (χ2n) is 5.26. The second-order valence-corrected chi connectivity index (χ2v) is 5.26. The van der Waals surface area contributed by atoms with Crippen LogP contribution < -0.4 is 10.2 Å². The summed E-state index contributed by atoms with van der Waals surface area (Å²) in [4.78, 5) is 24.8. The van der Waals surface area contributed by atoms with Crippen LogP contribution in [0, 0.1) is 0 Å². The lowest BCUT2D eigenvalue weighted by atomic mass is 10.3. The fourth-order valence-electron chi connectivity index (χ4n) is 2.54. The molecule has 2 heterocycles. The molecule has 2 rings (SSSR count). The van der Waals surface area contributed by atoms with Crippen LogP contribution >= 0.6 is 0 Å². The number of aromatic nitrogens is 2. The fraction of sp³-hybridized carbons (Fsp3) is 0.667. The smallest absolute Gasteiger partial charge is 0.219 e. The summed E-state index contributed by atoms with van der Waals surface area (Å²) < 4.78 is 0. The molecule has 1 N–H and O–H groups in total. The van der Waals surface area contributed by atoms with E-state index in [4.69, 9.17) is 0 Å². The summed E-state index contributed by atoms with van der Waals surface area (Å²) in [6.07, 6.45) is 1.79. The van der Waals surface area contributed by atoms with E-state index in [-0.39, 0.29) is 5.91 Å². The van der Waals surface area contributed by atoms with Gasteiger partial charge in [-0.05, 0) is 13.3 Å². The van der Waals surface area contributed by atoms with Crippen LogP contribution in [0.2, 0.25) is 0 Å². The Balaban J connectivity index is 2.16. The zero-order valence-corrected chi connectivity index (χ0v) is 13.2. The molecule has 0 saturated carbocycles.